The fraction of sp³-hybridized carbons (Fsp3) is 0.263. The lowest BCUT2D eigenvalue weighted by Crippen LogP contribution is -2.30. The first kappa shape index (κ1) is 21.9. The topological polar surface area (TPSA) is 79.4 Å². The first-order chi connectivity index (χ1) is 13.8. The van der Waals surface area contributed by atoms with Gasteiger partial charge in [-0.15, -0.1) is 22.7 Å². The van der Waals surface area contributed by atoms with E-state index in [2.05, 4.69) is 10.3 Å². The van der Waals surface area contributed by atoms with Crippen molar-refractivity contribution in [3.05, 3.63) is 51.8 Å². The average Bonchev–Trinajstić information content (AvgIpc) is 3.35. The van der Waals surface area contributed by atoms with E-state index in [1.54, 1.807) is 25.2 Å². The molecule has 154 valence electrons. The Morgan fingerprint density at radius 2 is 1.97 bits per heavy atom. The van der Waals surface area contributed by atoms with Crippen molar-refractivity contribution in [3.63, 3.8) is 0 Å². The standard InChI is InChI=1S/C19H20ClN3O3S3/c1-3-23(4-2)29(25,26)14-7-8-15(20)16(11-14)22-18(24)10-13-12-28-19(21-13)17-6-5-9-27-17/h5-9,11-12H,3-4,10H2,1-2H3,(H,22,24). The van der Waals surface area contributed by atoms with E-state index in [4.69, 9.17) is 11.6 Å². The molecule has 2 aromatic heterocycles. The lowest BCUT2D eigenvalue weighted by atomic mass is 10.3. The number of rotatable bonds is 8. The Balaban J connectivity index is 1.75. The molecule has 0 aliphatic carbocycles. The maximum absolute atomic E-state index is 12.7. The van der Waals surface area contributed by atoms with Crippen LogP contribution in [0.15, 0.2) is 46.0 Å². The number of nitrogens with one attached hydrogen (secondary N) is 1. The van der Waals surface area contributed by atoms with E-state index in [0.29, 0.717) is 18.8 Å². The number of amides is 1. The van der Waals surface area contributed by atoms with Crippen molar-refractivity contribution >= 4 is 55.9 Å². The highest BCUT2D eigenvalue weighted by molar-refractivity contribution is 7.89. The summed E-state index contributed by atoms with van der Waals surface area (Å²) in [6, 6.07) is 8.25. The third kappa shape index (κ3) is 5.04. The Hall–Kier alpha value is -1.78. The van der Waals surface area contributed by atoms with Gasteiger partial charge in [0.25, 0.3) is 0 Å². The van der Waals surface area contributed by atoms with Gasteiger partial charge in [-0.3, -0.25) is 4.79 Å². The monoisotopic (exact) mass is 469 g/mol. The molecule has 29 heavy (non-hydrogen) atoms. The van der Waals surface area contributed by atoms with Gasteiger partial charge >= 0.3 is 0 Å². The molecule has 1 aromatic carbocycles. The number of nitrogens with zero attached hydrogens (tertiary/aromatic N) is 2. The summed E-state index contributed by atoms with van der Waals surface area (Å²) < 4.78 is 26.8. The Morgan fingerprint density at radius 1 is 1.21 bits per heavy atom. The van der Waals surface area contributed by atoms with Gasteiger partial charge in [-0.2, -0.15) is 4.31 Å². The molecule has 3 rings (SSSR count). The second kappa shape index (κ2) is 9.36. The van der Waals surface area contributed by atoms with Gasteiger partial charge in [-0.05, 0) is 29.6 Å². The fourth-order valence-electron chi connectivity index (χ4n) is 2.73. The molecule has 2 heterocycles. The van der Waals surface area contributed by atoms with E-state index in [1.807, 2.05) is 22.9 Å². The normalized spacial score (nSPS) is 11.7. The number of benzene rings is 1. The molecule has 0 atom stereocenters. The van der Waals surface area contributed by atoms with Crippen LogP contribution in [0, 0.1) is 0 Å². The summed E-state index contributed by atoms with van der Waals surface area (Å²) >= 11 is 9.25. The van der Waals surface area contributed by atoms with Crippen LogP contribution in [0.5, 0.6) is 0 Å². The lowest BCUT2D eigenvalue weighted by Gasteiger charge is -2.19. The number of thiazole rings is 1. The van der Waals surface area contributed by atoms with Crippen LogP contribution < -0.4 is 5.32 Å². The summed E-state index contributed by atoms with van der Waals surface area (Å²) in [7, 11) is -3.64. The number of carbonyl (C=O) groups is 1. The molecule has 0 bridgehead atoms. The molecule has 0 spiro atoms. The Labute approximate surface area is 183 Å². The zero-order chi connectivity index (χ0) is 21.0. The van der Waals surface area contributed by atoms with Crippen LogP contribution in [0.1, 0.15) is 19.5 Å². The van der Waals surface area contributed by atoms with Crippen LogP contribution in [-0.2, 0) is 21.2 Å². The molecule has 0 unspecified atom stereocenters. The zero-order valence-corrected chi connectivity index (χ0v) is 19.1. The van der Waals surface area contributed by atoms with Gasteiger partial charge < -0.3 is 5.32 Å². The minimum atomic E-state index is -3.64. The minimum absolute atomic E-state index is 0.0746. The van der Waals surface area contributed by atoms with Gasteiger partial charge in [-0.25, -0.2) is 13.4 Å². The molecular formula is C19H20ClN3O3S3. The van der Waals surface area contributed by atoms with E-state index in [1.165, 1.54) is 33.8 Å². The molecule has 1 amide bonds. The van der Waals surface area contributed by atoms with E-state index >= 15 is 0 Å². The highest BCUT2D eigenvalue weighted by atomic mass is 35.5. The summed E-state index contributed by atoms with van der Waals surface area (Å²) in [5, 5.41) is 7.67. The van der Waals surface area contributed by atoms with E-state index in [9.17, 15) is 13.2 Å². The van der Waals surface area contributed by atoms with E-state index in [0.717, 1.165) is 9.88 Å². The summed E-state index contributed by atoms with van der Waals surface area (Å²) in [4.78, 5) is 18.1. The molecule has 0 fully saturated rings. The average molecular weight is 470 g/mol. The largest absolute Gasteiger partial charge is 0.324 e. The predicted octanol–water partition coefficient (Wildman–Crippen LogP) is 4.74. The van der Waals surface area contributed by atoms with Crippen LogP contribution in [0.4, 0.5) is 5.69 Å². The number of sulfonamides is 1. The zero-order valence-electron chi connectivity index (χ0n) is 15.9. The highest BCUT2D eigenvalue weighted by Crippen LogP contribution is 2.29. The van der Waals surface area contributed by atoms with Crippen molar-refractivity contribution in [2.24, 2.45) is 0 Å². The molecule has 6 nitrogen and oxygen atoms in total. The first-order valence-electron chi connectivity index (χ1n) is 8.93. The number of hydrogen-bond donors (Lipinski definition) is 1. The molecule has 0 radical (unpaired) electrons. The van der Waals surface area contributed by atoms with Crippen molar-refractivity contribution in [1.29, 1.82) is 0 Å². The van der Waals surface area contributed by atoms with E-state index < -0.39 is 10.0 Å². The summed E-state index contributed by atoms with van der Waals surface area (Å²) in [5.74, 6) is -0.313. The van der Waals surface area contributed by atoms with Gasteiger partial charge in [0.15, 0.2) is 0 Å². The van der Waals surface area contributed by atoms with Gasteiger partial charge in [0.1, 0.15) is 5.01 Å². The van der Waals surface area contributed by atoms with Crippen LogP contribution in [0.2, 0.25) is 5.02 Å². The van der Waals surface area contributed by atoms with Crippen molar-refractivity contribution in [3.8, 4) is 9.88 Å². The smallest absolute Gasteiger partial charge is 0.243 e. The third-order valence-electron chi connectivity index (χ3n) is 4.18. The third-order valence-corrected chi connectivity index (χ3v) is 8.49. The van der Waals surface area contributed by atoms with Gasteiger partial charge in [0.2, 0.25) is 15.9 Å². The molecule has 0 saturated carbocycles. The predicted molar refractivity (Wildman–Crippen MR) is 119 cm³/mol. The van der Waals surface area contributed by atoms with Crippen LogP contribution in [0.25, 0.3) is 9.88 Å². The number of hydrogen-bond acceptors (Lipinski definition) is 6. The van der Waals surface area contributed by atoms with E-state index in [-0.39, 0.29) is 27.9 Å². The lowest BCUT2D eigenvalue weighted by molar-refractivity contribution is -0.115. The molecule has 0 saturated heterocycles. The number of anilines is 1. The molecule has 0 aliphatic heterocycles. The highest BCUT2D eigenvalue weighted by Gasteiger charge is 2.23. The summed E-state index contributed by atoms with van der Waals surface area (Å²) in [6.45, 7) is 4.27. The minimum Gasteiger partial charge on any atom is -0.324 e. The Morgan fingerprint density at radius 3 is 2.62 bits per heavy atom. The van der Waals surface area contributed by atoms with Crippen molar-refractivity contribution in [2.45, 2.75) is 25.2 Å². The molecule has 1 N–H and O–H groups in total. The molecular weight excluding hydrogens is 450 g/mol. The molecule has 10 heteroatoms. The van der Waals surface area contributed by atoms with Crippen LogP contribution in [-0.4, -0.2) is 36.7 Å². The van der Waals surface area contributed by atoms with Gasteiger partial charge in [0.05, 0.1) is 32.6 Å². The maximum Gasteiger partial charge on any atom is 0.243 e. The first-order valence-corrected chi connectivity index (χ1v) is 12.5. The molecule has 3 aromatic rings. The number of halogens is 1. The van der Waals surface area contributed by atoms with Crippen molar-refractivity contribution < 1.29 is 13.2 Å². The van der Waals surface area contributed by atoms with Gasteiger partial charge in [0, 0.05) is 18.5 Å². The number of aromatic nitrogens is 1. The Bertz CT molecular complexity index is 1090. The molecule has 0 aliphatic rings. The van der Waals surface area contributed by atoms with Crippen LogP contribution >= 0.6 is 34.3 Å². The SMILES string of the molecule is CCN(CC)S(=O)(=O)c1ccc(Cl)c(NC(=O)Cc2csc(-c3cccs3)n2)c1. The number of thiophene rings is 1. The number of carbonyl (C=O) groups excluding carboxylic acids is 1. The van der Waals surface area contributed by atoms with Crippen molar-refractivity contribution in [1.82, 2.24) is 9.29 Å². The second-order valence-electron chi connectivity index (χ2n) is 6.08. The van der Waals surface area contributed by atoms with Gasteiger partial charge in [-0.1, -0.05) is 31.5 Å². The second-order valence-corrected chi connectivity index (χ2v) is 10.2. The summed E-state index contributed by atoms with van der Waals surface area (Å²) in [6.07, 6.45) is 0.0746. The van der Waals surface area contributed by atoms with Crippen molar-refractivity contribution in [2.75, 3.05) is 18.4 Å². The summed E-state index contributed by atoms with van der Waals surface area (Å²) in [5.41, 5.74) is 0.914. The quantitative estimate of drug-likeness (QED) is 0.517. The van der Waals surface area contributed by atoms with Crippen LogP contribution in [0.3, 0.4) is 0 Å². The fourth-order valence-corrected chi connectivity index (χ4v) is 6.02. The maximum atomic E-state index is 12.7. The Kier molecular flexibility index (Phi) is 7.07.